The van der Waals surface area contributed by atoms with Crippen LogP contribution in [-0.2, 0) is 12.7 Å². The van der Waals surface area contributed by atoms with Gasteiger partial charge in [-0.05, 0) is 42.7 Å². The first-order valence-electron chi connectivity index (χ1n) is 9.93. The van der Waals surface area contributed by atoms with Gasteiger partial charge in [-0.15, -0.1) is 0 Å². The molecule has 6 nitrogen and oxygen atoms in total. The van der Waals surface area contributed by atoms with Gasteiger partial charge in [-0.2, -0.15) is 23.1 Å². The fourth-order valence-corrected chi connectivity index (χ4v) is 3.28. The van der Waals surface area contributed by atoms with E-state index in [0.29, 0.717) is 35.5 Å². The summed E-state index contributed by atoms with van der Waals surface area (Å²) < 4.78 is 40.3. The molecule has 1 fully saturated rings. The highest BCUT2D eigenvalue weighted by Crippen LogP contribution is 2.31. The van der Waals surface area contributed by atoms with Crippen molar-refractivity contribution in [3.63, 3.8) is 0 Å². The number of benzene rings is 2. The summed E-state index contributed by atoms with van der Waals surface area (Å²) in [6.45, 7) is 0.347. The van der Waals surface area contributed by atoms with Gasteiger partial charge in [0.15, 0.2) is 17.0 Å². The highest BCUT2D eigenvalue weighted by atomic mass is 19.4. The first-order chi connectivity index (χ1) is 15.0. The molecular weight excluding hydrogens is 405 g/mol. The van der Waals surface area contributed by atoms with E-state index in [2.05, 4.69) is 25.6 Å². The second kappa shape index (κ2) is 7.57. The molecule has 2 aromatic heterocycles. The molecule has 9 heteroatoms. The SMILES string of the molecule is FC(F)(F)c1ccc(Cn2cnc3c(NC4CC4)nc(Nc4ccccc4)nc32)cc1. The van der Waals surface area contributed by atoms with Crippen molar-refractivity contribution in [3.05, 3.63) is 72.1 Å². The molecule has 5 rings (SSSR count). The van der Waals surface area contributed by atoms with E-state index in [9.17, 15) is 13.2 Å². The molecule has 2 heterocycles. The Kier molecular flexibility index (Phi) is 4.72. The number of halogens is 3. The van der Waals surface area contributed by atoms with Crippen LogP contribution >= 0.6 is 0 Å². The molecule has 4 aromatic rings. The van der Waals surface area contributed by atoms with Crippen LogP contribution in [0.25, 0.3) is 11.2 Å². The lowest BCUT2D eigenvalue weighted by Gasteiger charge is -2.11. The molecule has 31 heavy (non-hydrogen) atoms. The second-order valence-corrected chi connectivity index (χ2v) is 7.54. The van der Waals surface area contributed by atoms with Crippen molar-refractivity contribution in [3.8, 4) is 0 Å². The minimum atomic E-state index is -4.35. The average molecular weight is 424 g/mol. The van der Waals surface area contributed by atoms with Crippen LogP contribution in [0.3, 0.4) is 0 Å². The van der Waals surface area contributed by atoms with Gasteiger partial charge in [0.25, 0.3) is 0 Å². The van der Waals surface area contributed by atoms with Crippen LogP contribution in [0.15, 0.2) is 60.9 Å². The van der Waals surface area contributed by atoms with Gasteiger partial charge in [-0.25, -0.2) is 4.98 Å². The monoisotopic (exact) mass is 424 g/mol. The van der Waals surface area contributed by atoms with Crippen molar-refractivity contribution in [1.82, 2.24) is 19.5 Å². The van der Waals surface area contributed by atoms with E-state index in [1.54, 1.807) is 6.33 Å². The fraction of sp³-hybridized carbons (Fsp3) is 0.227. The molecule has 0 amide bonds. The molecule has 0 aliphatic heterocycles. The lowest BCUT2D eigenvalue weighted by Crippen LogP contribution is -2.08. The molecule has 2 aromatic carbocycles. The Morgan fingerprint density at radius 2 is 1.71 bits per heavy atom. The zero-order valence-electron chi connectivity index (χ0n) is 16.4. The number of alkyl halides is 3. The lowest BCUT2D eigenvalue weighted by atomic mass is 10.1. The van der Waals surface area contributed by atoms with Crippen molar-refractivity contribution < 1.29 is 13.2 Å². The van der Waals surface area contributed by atoms with E-state index >= 15 is 0 Å². The van der Waals surface area contributed by atoms with Gasteiger partial charge in [-0.3, -0.25) is 0 Å². The summed E-state index contributed by atoms with van der Waals surface area (Å²) in [7, 11) is 0. The number of imidazole rings is 1. The number of hydrogen-bond acceptors (Lipinski definition) is 5. The van der Waals surface area contributed by atoms with Gasteiger partial charge in [0.2, 0.25) is 5.95 Å². The topological polar surface area (TPSA) is 67.7 Å². The third kappa shape index (κ3) is 4.30. The van der Waals surface area contributed by atoms with Gasteiger partial charge < -0.3 is 15.2 Å². The molecule has 1 saturated carbocycles. The van der Waals surface area contributed by atoms with E-state index in [1.165, 1.54) is 12.1 Å². The maximum atomic E-state index is 12.8. The number of rotatable bonds is 6. The maximum Gasteiger partial charge on any atom is 0.416 e. The fourth-order valence-electron chi connectivity index (χ4n) is 3.28. The zero-order chi connectivity index (χ0) is 21.4. The molecule has 0 saturated heterocycles. The van der Waals surface area contributed by atoms with Crippen LogP contribution in [0.2, 0.25) is 0 Å². The van der Waals surface area contributed by atoms with Crippen LogP contribution < -0.4 is 10.6 Å². The average Bonchev–Trinajstić information content (AvgIpc) is 3.48. The third-order valence-electron chi connectivity index (χ3n) is 5.05. The number of aromatic nitrogens is 4. The second-order valence-electron chi connectivity index (χ2n) is 7.54. The molecule has 2 N–H and O–H groups in total. The Labute approximate surface area is 176 Å². The van der Waals surface area contributed by atoms with Crippen molar-refractivity contribution in [1.29, 1.82) is 0 Å². The molecule has 158 valence electrons. The largest absolute Gasteiger partial charge is 0.416 e. The molecule has 1 aliphatic carbocycles. The van der Waals surface area contributed by atoms with Crippen LogP contribution in [0.1, 0.15) is 24.0 Å². The molecular formula is C22H19F3N6. The summed E-state index contributed by atoms with van der Waals surface area (Å²) in [6, 6.07) is 15.1. The lowest BCUT2D eigenvalue weighted by molar-refractivity contribution is -0.137. The number of hydrogen-bond donors (Lipinski definition) is 2. The normalized spacial score (nSPS) is 14.0. The Hall–Kier alpha value is -3.62. The highest BCUT2D eigenvalue weighted by Gasteiger charge is 2.30. The van der Waals surface area contributed by atoms with Crippen LogP contribution in [0.5, 0.6) is 0 Å². The van der Waals surface area contributed by atoms with Gasteiger partial charge in [-0.1, -0.05) is 30.3 Å². The van der Waals surface area contributed by atoms with Crippen molar-refractivity contribution in [2.75, 3.05) is 10.6 Å². The van der Waals surface area contributed by atoms with Crippen LogP contribution in [0.4, 0.5) is 30.6 Å². The summed E-state index contributed by atoms with van der Waals surface area (Å²) in [5, 5.41) is 6.60. The minimum Gasteiger partial charge on any atom is -0.365 e. The van der Waals surface area contributed by atoms with E-state index in [4.69, 9.17) is 0 Å². The number of nitrogens with zero attached hydrogens (tertiary/aromatic N) is 4. The summed E-state index contributed by atoms with van der Waals surface area (Å²) in [4.78, 5) is 13.7. The van der Waals surface area contributed by atoms with E-state index in [-0.39, 0.29) is 0 Å². The molecule has 1 aliphatic rings. The number of fused-ring (bicyclic) bond motifs is 1. The quantitative estimate of drug-likeness (QED) is 0.445. The summed E-state index contributed by atoms with van der Waals surface area (Å²) in [6.07, 6.45) is -0.547. The predicted molar refractivity (Wildman–Crippen MR) is 112 cm³/mol. The molecule has 0 atom stereocenters. The Morgan fingerprint density at radius 3 is 2.39 bits per heavy atom. The highest BCUT2D eigenvalue weighted by molar-refractivity contribution is 5.85. The summed E-state index contributed by atoms with van der Waals surface area (Å²) in [5.74, 6) is 1.08. The minimum absolute atomic E-state index is 0.347. The Morgan fingerprint density at radius 1 is 0.968 bits per heavy atom. The van der Waals surface area contributed by atoms with E-state index < -0.39 is 11.7 Å². The molecule has 0 unspecified atom stereocenters. The van der Waals surface area contributed by atoms with Crippen molar-refractivity contribution >= 4 is 28.6 Å². The van der Waals surface area contributed by atoms with Crippen LogP contribution in [-0.4, -0.2) is 25.6 Å². The first-order valence-corrected chi connectivity index (χ1v) is 9.93. The van der Waals surface area contributed by atoms with Gasteiger partial charge in [0.1, 0.15) is 0 Å². The Bertz CT molecular complexity index is 1200. The van der Waals surface area contributed by atoms with Crippen molar-refractivity contribution in [2.24, 2.45) is 0 Å². The third-order valence-corrected chi connectivity index (χ3v) is 5.05. The summed E-state index contributed by atoms with van der Waals surface area (Å²) in [5.41, 5.74) is 2.15. The van der Waals surface area contributed by atoms with Gasteiger partial charge >= 0.3 is 6.18 Å². The van der Waals surface area contributed by atoms with Gasteiger partial charge in [0, 0.05) is 11.7 Å². The number of anilines is 3. The maximum absolute atomic E-state index is 12.8. The first kappa shape index (κ1) is 19.3. The molecule has 0 spiro atoms. The van der Waals surface area contributed by atoms with Gasteiger partial charge in [0.05, 0.1) is 18.4 Å². The van der Waals surface area contributed by atoms with Crippen molar-refractivity contribution in [2.45, 2.75) is 31.6 Å². The molecule has 0 radical (unpaired) electrons. The standard InChI is InChI=1S/C22H19F3N6/c23-22(24,25)15-8-6-14(7-9-15)12-31-13-26-18-19(27-17-10-11-17)29-21(30-20(18)31)28-16-4-2-1-3-5-16/h1-9,13,17H,10-12H2,(H2,27,28,29,30). The van der Waals surface area contributed by atoms with Crippen LogP contribution in [0, 0.1) is 0 Å². The molecule has 0 bridgehead atoms. The zero-order valence-corrected chi connectivity index (χ0v) is 16.4. The van der Waals surface area contributed by atoms with E-state index in [1.807, 2.05) is 34.9 Å². The van der Waals surface area contributed by atoms with E-state index in [0.717, 1.165) is 36.2 Å². The number of para-hydroxylation sites is 1. The Balaban J connectivity index is 1.48. The summed E-state index contributed by atoms with van der Waals surface area (Å²) >= 11 is 0. The smallest absolute Gasteiger partial charge is 0.365 e. The number of nitrogens with one attached hydrogen (secondary N) is 2. The predicted octanol–water partition coefficient (Wildman–Crippen LogP) is 5.21.